The molecule has 0 spiro atoms. The van der Waals surface area contributed by atoms with E-state index in [9.17, 15) is 0 Å². The average Bonchev–Trinajstić information content (AvgIpc) is 1.35. The van der Waals surface area contributed by atoms with Crippen LogP contribution < -0.4 is 51.4 Å². The molecule has 40 valence electrons. The molecule has 0 radical (unpaired) electrons. The summed E-state index contributed by atoms with van der Waals surface area (Å²) < 4.78 is 0. The third kappa shape index (κ3) is 11.5. The Bertz CT molecular complexity index is 47.0. The minimum absolute atomic E-state index is 0. The van der Waals surface area contributed by atoms with Gasteiger partial charge in [-0.15, -0.1) is 0 Å². The maximum atomic E-state index is 8.05. The van der Waals surface area contributed by atoms with Gasteiger partial charge in [-0.05, 0) is 6.92 Å². The quantitative estimate of drug-likeness (QED) is 0.274. The van der Waals surface area contributed by atoms with Crippen molar-refractivity contribution in [3.05, 3.63) is 0 Å². The summed E-state index contributed by atoms with van der Waals surface area (Å²) in [6.07, 6.45) is 0.0486. The minimum atomic E-state index is -3.40. The molecule has 5 heteroatoms. The van der Waals surface area contributed by atoms with E-state index < -0.39 is 7.94 Å². The second kappa shape index (κ2) is 4.79. The van der Waals surface area contributed by atoms with E-state index in [1.54, 1.807) is 0 Å². The molecule has 0 aromatic heterocycles. The van der Waals surface area contributed by atoms with Crippen LogP contribution in [0.25, 0.3) is 0 Å². The minimum Gasteiger partial charge on any atom is -1.00 e. The molecule has 3 N–H and O–H groups in total. The molecule has 0 aromatic rings. The summed E-state index contributed by atoms with van der Waals surface area (Å²) in [4.78, 5) is 24.1. The molecule has 0 rings (SSSR count). The van der Waals surface area contributed by atoms with Gasteiger partial charge in [-0.1, -0.05) is 0 Å². The fourth-order valence-electron chi connectivity index (χ4n) is 0. The van der Waals surface area contributed by atoms with Crippen LogP contribution in [0.2, 0.25) is 0 Å². The van der Waals surface area contributed by atoms with Gasteiger partial charge in [-0.2, -0.15) is 14.7 Å². The zero-order chi connectivity index (χ0) is 5.21. The molecule has 0 unspecified atom stereocenters. The smallest absolute Gasteiger partial charge is 1.00 e. The van der Waals surface area contributed by atoms with Crippen molar-refractivity contribution in [3.8, 4) is 0 Å². The molecular formula is C2H9KO3P+. The molecule has 3 nitrogen and oxygen atoms in total. The summed E-state index contributed by atoms with van der Waals surface area (Å²) in [7, 11) is -3.40. The zero-order valence-corrected chi connectivity index (χ0v) is 8.51. The Morgan fingerprint density at radius 1 is 1.43 bits per heavy atom. The Morgan fingerprint density at radius 2 is 1.57 bits per heavy atom. The third-order valence-electron chi connectivity index (χ3n) is 0.424. The molecule has 0 aliphatic rings. The van der Waals surface area contributed by atoms with E-state index in [4.69, 9.17) is 14.7 Å². The van der Waals surface area contributed by atoms with E-state index >= 15 is 0 Å². The summed E-state index contributed by atoms with van der Waals surface area (Å²) >= 11 is 0. The number of rotatable bonds is 1. The molecule has 0 saturated heterocycles. The standard InChI is InChI=1S/C2H8O3P.K.H/c1-2-6(3,4)5;;/h3-5H,2H2,1H3;;/q2*+1;-1. The van der Waals surface area contributed by atoms with Crippen molar-refractivity contribution in [2.45, 2.75) is 6.92 Å². The molecule has 0 heterocycles. The van der Waals surface area contributed by atoms with E-state index in [1.165, 1.54) is 6.92 Å². The molecule has 0 fully saturated rings. The van der Waals surface area contributed by atoms with E-state index in [0.717, 1.165) is 0 Å². The van der Waals surface area contributed by atoms with E-state index in [2.05, 4.69) is 0 Å². The first-order valence-corrected chi connectivity index (χ1v) is 3.46. The largest absolute Gasteiger partial charge is 1.00 e. The predicted octanol–water partition coefficient (Wildman–Crippen LogP) is -3.14. The van der Waals surface area contributed by atoms with Crippen LogP contribution in [-0.2, 0) is 0 Å². The molecule has 0 aliphatic carbocycles. The molecule has 7 heavy (non-hydrogen) atoms. The van der Waals surface area contributed by atoms with Crippen LogP contribution in [0.4, 0.5) is 0 Å². The van der Waals surface area contributed by atoms with Gasteiger partial charge in [0.05, 0.1) is 0 Å². The van der Waals surface area contributed by atoms with Gasteiger partial charge in [0.15, 0.2) is 0 Å². The van der Waals surface area contributed by atoms with Gasteiger partial charge in [0.2, 0.25) is 0 Å². The van der Waals surface area contributed by atoms with Crippen molar-refractivity contribution in [2.24, 2.45) is 0 Å². The van der Waals surface area contributed by atoms with Crippen molar-refractivity contribution in [2.75, 3.05) is 6.16 Å². The van der Waals surface area contributed by atoms with Gasteiger partial charge in [-0.3, -0.25) is 0 Å². The topological polar surface area (TPSA) is 60.7 Å². The van der Waals surface area contributed by atoms with Crippen LogP contribution in [0.1, 0.15) is 8.35 Å². The molecule has 0 bridgehead atoms. The van der Waals surface area contributed by atoms with Gasteiger partial charge >= 0.3 is 59.3 Å². The first-order valence-electron chi connectivity index (χ1n) is 1.62. The first-order chi connectivity index (χ1) is 2.56. The van der Waals surface area contributed by atoms with Gasteiger partial charge in [0.1, 0.15) is 6.16 Å². The van der Waals surface area contributed by atoms with Gasteiger partial charge in [0, 0.05) is 0 Å². The molecular weight excluding hydrogens is 142 g/mol. The van der Waals surface area contributed by atoms with E-state index in [0.29, 0.717) is 0 Å². The summed E-state index contributed by atoms with van der Waals surface area (Å²) in [6, 6.07) is 0. The second-order valence-corrected chi connectivity index (χ2v) is 3.03. The molecule has 0 aliphatic heterocycles. The van der Waals surface area contributed by atoms with Gasteiger partial charge in [0.25, 0.3) is 0 Å². The van der Waals surface area contributed by atoms with Crippen molar-refractivity contribution >= 4 is 7.94 Å². The second-order valence-electron chi connectivity index (χ2n) is 1.01. The van der Waals surface area contributed by atoms with Crippen molar-refractivity contribution in [1.82, 2.24) is 0 Å². The van der Waals surface area contributed by atoms with Gasteiger partial charge < -0.3 is 1.43 Å². The fraction of sp³-hybridized carbons (Fsp3) is 1.00. The van der Waals surface area contributed by atoms with Crippen LogP contribution in [0.3, 0.4) is 0 Å². The Kier molecular flexibility index (Phi) is 8.01. The van der Waals surface area contributed by atoms with Crippen LogP contribution in [0, 0.1) is 0 Å². The molecule has 0 aromatic carbocycles. The third-order valence-corrected chi connectivity index (χ3v) is 1.27. The summed E-state index contributed by atoms with van der Waals surface area (Å²) in [5.74, 6) is 0. The van der Waals surface area contributed by atoms with Crippen LogP contribution in [0.15, 0.2) is 0 Å². The Balaban J connectivity index is -0.000000125. The van der Waals surface area contributed by atoms with Gasteiger partial charge in [-0.25, -0.2) is 0 Å². The Hall–Kier alpha value is 1.95. The molecule has 0 saturated carbocycles. The maximum Gasteiger partial charge on any atom is 1.00 e. The summed E-state index contributed by atoms with van der Waals surface area (Å²) in [5, 5.41) is 0. The summed E-state index contributed by atoms with van der Waals surface area (Å²) in [6.45, 7) is 1.51. The van der Waals surface area contributed by atoms with E-state index in [1.807, 2.05) is 0 Å². The normalized spacial score (nSPS) is 10.3. The molecule has 0 atom stereocenters. The van der Waals surface area contributed by atoms with Crippen LogP contribution in [-0.4, -0.2) is 20.8 Å². The van der Waals surface area contributed by atoms with Crippen molar-refractivity contribution in [3.63, 3.8) is 0 Å². The SMILES string of the molecule is CC[P+](O)(O)O.[H-].[K+]. The molecule has 0 amide bonds. The average molecular weight is 151 g/mol. The monoisotopic (exact) mass is 151 g/mol. The van der Waals surface area contributed by atoms with Crippen LogP contribution in [0.5, 0.6) is 0 Å². The zero-order valence-electron chi connectivity index (χ0n) is 5.50. The summed E-state index contributed by atoms with van der Waals surface area (Å²) in [5.41, 5.74) is 0. The van der Waals surface area contributed by atoms with Crippen LogP contribution >= 0.6 is 7.94 Å². The van der Waals surface area contributed by atoms with E-state index in [-0.39, 0.29) is 59.0 Å². The number of hydrogen-bond donors (Lipinski definition) is 3. The number of hydrogen-bond acceptors (Lipinski definition) is 3. The van der Waals surface area contributed by atoms with Crippen molar-refractivity contribution < 1.29 is 67.5 Å². The Labute approximate surface area is 87.2 Å². The predicted molar refractivity (Wildman–Crippen MR) is 25.2 cm³/mol. The first kappa shape index (κ1) is 11.7. The Morgan fingerprint density at radius 3 is 1.57 bits per heavy atom. The van der Waals surface area contributed by atoms with Crippen molar-refractivity contribution in [1.29, 1.82) is 0 Å². The fourth-order valence-corrected chi connectivity index (χ4v) is 0. The maximum absolute atomic E-state index is 8.05.